The van der Waals surface area contributed by atoms with E-state index in [1.807, 2.05) is 79.2 Å². The van der Waals surface area contributed by atoms with E-state index < -0.39 is 5.97 Å². The molecule has 0 atom stereocenters. The van der Waals surface area contributed by atoms with Crippen molar-refractivity contribution in [3.05, 3.63) is 99.6 Å². The van der Waals surface area contributed by atoms with Gasteiger partial charge >= 0.3 is 5.97 Å². The number of hydrogen-bond acceptors (Lipinski definition) is 5. The third kappa shape index (κ3) is 4.92. The minimum absolute atomic E-state index is 0.241. The van der Waals surface area contributed by atoms with Crippen molar-refractivity contribution in [2.24, 2.45) is 0 Å². The van der Waals surface area contributed by atoms with Gasteiger partial charge in [0.05, 0.1) is 29.1 Å². The second-order valence-corrected chi connectivity index (χ2v) is 10.8. The van der Waals surface area contributed by atoms with Crippen LogP contribution >= 0.6 is 34.5 Å². The maximum Gasteiger partial charge on any atom is 0.350 e. The number of ether oxygens (including phenoxy) is 1. The molecule has 0 spiro atoms. The number of rotatable bonds is 6. The molecule has 0 saturated carbocycles. The van der Waals surface area contributed by atoms with Crippen LogP contribution in [-0.4, -0.2) is 34.4 Å². The number of nitrogens with zero attached hydrogens (tertiary/aromatic N) is 3. The number of carbonyl (C=O) groups excluding carboxylic acids is 2. The van der Waals surface area contributed by atoms with Crippen LogP contribution in [0.5, 0.6) is 0 Å². The number of benzene rings is 2. The Morgan fingerprint density at radius 2 is 1.74 bits per heavy atom. The third-order valence-electron chi connectivity index (χ3n) is 6.07. The number of hydrogen-bond donors (Lipinski definition) is 0. The number of thiophene rings is 1. The molecule has 1 amide bonds. The van der Waals surface area contributed by atoms with Gasteiger partial charge in [0, 0.05) is 33.9 Å². The van der Waals surface area contributed by atoms with Crippen LogP contribution < -0.4 is 4.90 Å². The molecule has 0 aliphatic carbocycles. The second-order valence-electron chi connectivity index (χ2n) is 8.88. The molecule has 5 rings (SSSR count). The summed E-state index contributed by atoms with van der Waals surface area (Å²) in [4.78, 5) is 33.8. The highest BCUT2D eigenvalue weighted by atomic mass is 35.5. The average Bonchev–Trinajstić information content (AvgIpc) is 3.53. The van der Waals surface area contributed by atoms with Crippen molar-refractivity contribution in [2.75, 3.05) is 12.0 Å². The Morgan fingerprint density at radius 1 is 1.00 bits per heavy atom. The van der Waals surface area contributed by atoms with Gasteiger partial charge in [0.2, 0.25) is 0 Å². The molecule has 0 saturated heterocycles. The first kappa shape index (κ1) is 26.0. The summed E-state index contributed by atoms with van der Waals surface area (Å²) < 4.78 is 7.04. The highest BCUT2D eigenvalue weighted by Gasteiger charge is 2.29. The van der Waals surface area contributed by atoms with Crippen LogP contribution in [0.25, 0.3) is 27.3 Å². The van der Waals surface area contributed by atoms with Crippen molar-refractivity contribution in [1.29, 1.82) is 0 Å². The van der Waals surface area contributed by atoms with Crippen molar-refractivity contribution in [3.63, 3.8) is 0 Å². The molecule has 0 fully saturated rings. The molecule has 0 aliphatic heterocycles. The quantitative estimate of drug-likeness (QED) is 0.197. The van der Waals surface area contributed by atoms with E-state index in [2.05, 4.69) is 4.98 Å². The van der Waals surface area contributed by atoms with Gasteiger partial charge in [-0.3, -0.25) is 4.79 Å². The van der Waals surface area contributed by atoms with Crippen molar-refractivity contribution in [2.45, 2.75) is 19.9 Å². The van der Waals surface area contributed by atoms with E-state index in [1.54, 1.807) is 17.0 Å². The fraction of sp³-hybridized carbons (Fsp3) is 0.138. The summed E-state index contributed by atoms with van der Waals surface area (Å²) in [5.74, 6) is -0.850. The SMILES string of the molecule is COC(=O)c1sc(-c2ccc(-c3cn4ccccc4n3)cc2)cc1N(C(=O)c1ccc(Cl)cc1Cl)C(C)C. The van der Waals surface area contributed by atoms with Gasteiger partial charge in [-0.05, 0) is 55.8 Å². The Hall–Kier alpha value is -3.65. The molecule has 0 unspecified atom stereocenters. The van der Waals surface area contributed by atoms with E-state index >= 15 is 0 Å². The predicted octanol–water partition coefficient (Wildman–Crippen LogP) is 7.88. The molecule has 2 aromatic carbocycles. The standard InChI is InChI=1S/C29H23Cl2N3O3S/c1-17(2)34(28(35)21-12-11-20(30)14-22(21)31)24-15-25(38-27(24)29(36)37-3)19-9-7-18(8-10-19)23-16-33-13-5-4-6-26(33)32-23/h4-17H,1-3H3. The first-order valence-corrected chi connectivity index (χ1v) is 13.4. The summed E-state index contributed by atoms with van der Waals surface area (Å²) in [7, 11) is 1.33. The van der Waals surface area contributed by atoms with E-state index in [9.17, 15) is 9.59 Å². The number of methoxy groups -OCH3 is 1. The van der Waals surface area contributed by atoms with Crippen LogP contribution in [0, 0.1) is 0 Å². The number of halogens is 2. The van der Waals surface area contributed by atoms with E-state index in [4.69, 9.17) is 27.9 Å². The number of aromatic nitrogens is 2. The van der Waals surface area contributed by atoms with Crippen LogP contribution in [0.1, 0.15) is 33.9 Å². The number of esters is 1. The van der Waals surface area contributed by atoms with Gasteiger partial charge in [0.1, 0.15) is 10.5 Å². The second kappa shape index (κ2) is 10.6. The van der Waals surface area contributed by atoms with E-state index in [0.717, 1.165) is 27.3 Å². The number of pyridine rings is 1. The largest absolute Gasteiger partial charge is 0.465 e. The summed E-state index contributed by atoms with van der Waals surface area (Å²) in [5, 5.41) is 0.675. The van der Waals surface area contributed by atoms with Gasteiger partial charge in [0.25, 0.3) is 5.91 Å². The van der Waals surface area contributed by atoms with Crippen LogP contribution in [0.15, 0.2) is 79.1 Å². The molecule has 9 heteroatoms. The maximum atomic E-state index is 13.6. The zero-order chi connectivity index (χ0) is 27.0. The molecular weight excluding hydrogens is 541 g/mol. The summed E-state index contributed by atoms with van der Waals surface area (Å²) in [6.07, 6.45) is 3.94. The Kier molecular flexibility index (Phi) is 7.25. The fourth-order valence-corrected chi connectivity index (χ4v) is 5.80. The molecular formula is C29H23Cl2N3O3S. The van der Waals surface area contributed by atoms with Crippen molar-refractivity contribution in [3.8, 4) is 21.7 Å². The summed E-state index contributed by atoms with van der Waals surface area (Å²) in [6.45, 7) is 3.76. The number of imidazole rings is 1. The first-order valence-electron chi connectivity index (χ1n) is 11.8. The topological polar surface area (TPSA) is 63.9 Å². The number of carbonyl (C=O) groups is 2. The van der Waals surface area contributed by atoms with E-state index in [0.29, 0.717) is 21.2 Å². The van der Waals surface area contributed by atoms with E-state index in [-0.39, 0.29) is 17.0 Å². The number of anilines is 1. The van der Waals surface area contributed by atoms with Crippen LogP contribution in [0.3, 0.4) is 0 Å². The van der Waals surface area contributed by atoms with Crippen molar-refractivity contribution >= 4 is 57.7 Å². The zero-order valence-electron chi connectivity index (χ0n) is 20.8. The number of amides is 1. The molecule has 3 aromatic heterocycles. The first-order chi connectivity index (χ1) is 18.3. The lowest BCUT2D eigenvalue weighted by Crippen LogP contribution is -2.37. The van der Waals surface area contributed by atoms with Gasteiger partial charge in [-0.15, -0.1) is 11.3 Å². The van der Waals surface area contributed by atoms with Crippen molar-refractivity contribution < 1.29 is 14.3 Å². The van der Waals surface area contributed by atoms with Gasteiger partial charge in [-0.2, -0.15) is 0 Å². The Morgan fingerprint density at radius 3 is 2.39 bits per heavy atom. The lowest BCUT2D eigenvalue weighted by molar-refractivity contribution is 0.0607. The summed E-state index contributed by atoms with van der Waals surface area (Å²) in [5.41, 5.74) is 4.37. The average molecular weight is 564 g/mol. The molecule has 192 valence electrons. The summed E-state index contributed by atoms with van der Waals surface area (Å²) >= 11 is 13.7. The van der Waals surface area contributed by atoms with Crippen molar-refractivity contribution in [1.82, 2.24) is 9.38 Å². The Balaban J connectivity index is 1.53. The molecule has 6 nitrogen and oxygen atoms in total. The van der Waals surface area contributed by atoms with Crippen LogP contribution in [0.2, 0.25) is 10.0 Å². The van der Waals surface area contributed by atoms with Crippen LogP contribution in [0.4, 0.5) is 5.69 Å². The van der Waals surface area contributed by atoms with E-state index in [1.165, 1.54) is 24.5 Å². The molecule has 3 heterocycles. The predicted molar refractivity (Wildman–Crippen MR) is 154 cm³/mol. The van der Waals surface area contributed by atoms with Gasteiger partial charge in [-0.25, -0.2) is 9.78 Å². The lowest BCUT2D eigenvalue weighted by Gasteiger charge is -2.27. The third-order valence-corrected chi connectivity index (χ3v) is 7.77. The smallest absolute Gasteiger partial charge is 0.350 e. The molecule has 38 heavy (non-hydrogen) atoms. The molecule has 0 radical (unpaired) electrons. The van der Waals surface area contributed by atoms with Gasteiger partial charge < -0.3 is 14.0 Å². The molecule has 5 aromatic rings. The highest BCUT2D eigenvalue weighted by molar-refractivity contribution is 7.18. The zero-order valence-corrected chi connectivity index (χ0v) is 23.1. The summed E-state index contributed by atoms with van der Waals surface area (Å²) in [6, 6.07) is 20.1. The Bertz CT molecular complexity index is 1620. The molecule has 0 bridgehead atoms. The monoisotopic (exact) mass is 563 g/mol. The number of fused-ring (bicyclic) bond motifs is 1. The van der Waals surface area contributed by atoms with Gasteiger partial charge in [-0.1, -0.05) is 53.5 Å². The molecule has 0 aliphatic rings. The lowest BCUT2D eigenvalue weighted by atomic mass is 10.1. The minimum Gasteiger partial charge on any atom is -0.465 e. The van der Waals surface area contributed by atoms with Gasteiger partial charge in [0.15, 0.2) is 0 Å². The maximum absolute atomic E-state index is 13.6. The Labute approximate surface area is 234 Å². The highest BCUT2D eigenvalue weighted by Crippen LogP contribution is 2.40. The normalized spacial score (nSPS) is 11.2. The fourth-order valence-electron chi connectivity index (χ4n) is 4.24. The van der Waals surface area contributed by atoms with Crippen LogP contribution in [-0.2, 0) is 4.74 Å². The minimum atomic E-state index is -0.516. The molecule has 0 N–H and O–H groups in total.